The molecule has 3 heteroatoms. The van der Waals surface area contributed by atoms with Gasteiger partial charge < -0.3 is 10.3 Å². The largest absolute Gasteiger partial charge is 0.507 e. The summed E-state index contributed by atoms with van der Waals surface area (Å²) in [4.78, 5) is 0. The number of benzene rings is 2. The van der Waals surface area contributed by atoms with Crippen molar-refractivity contribution in [2.75, 3.05) is 0 Å². The topological polar surface area (TPSA) is 52.8 Å². The van der Waals surface area contributed by atoms with E-state index < -0.39 is 0 Å². The number of aromatic hydroxyl groups is 1. The Bertz CT molecular complexity index is 658. The van der Waals surface area contributed by atoms with E-state index in [9.17, 15) is 10.3 Å². The van der Waals surface area contributed by atoms with Gasteiger partial charge in [0.1, 0.15) is 11.5 Å². The molecule has 0 radical (unpaired) electrons. The van der Waals surface area contributed by atoms with Gasteiger partial charge >= 0.3 is 0 Å². The van der Waals surface area contributed by atoms with Crippen molar-refractivity contribution < 1.29 is 10.3 Å². The second-order valence-electron chi connectivity index (χ2n) is 5.93. The maximum Gasteiger partial charge on any atom is 0.125 e. The fourth-order valence-corrected chi connectivity index (χ4v) is 3.30. The minimum absolute atomic E-state index is 0.149. The molecule has 0 unspecified atom stereocenters. The van der Waals surface area contributed by atoms with Gasteiger partial charge in [-0.3, -0.25) is 0 Å². The number of phenols is 1. The third kappa shape index (κ3) is 2.98. The molecular weight excluding hydrogens is 274 g/mol. The Labute approximate surface area is 130 Å². The van der Waals surface area contributed by atoms with Crippen molar-refractivity contribution in [3.63, 3.8) is 0 Å². The Morgan fingerprint density at radius 1 is 0.955 bits per heavy atom. The third-order valence-corrected chi connectivity index (χ3v) is 4.50. The Balaban J connectivity index is 1.98. The van der Waals surface area contributed by atoms with E-state index in [-0.39, 0.29) is 5.75 Å². The van der Waals surface area contributed by atoms with Crippen molar-refractivity contribution >= 4 is 5.71 Å². The van der Waals surface area contributed by atoms with E-state index in [4.69, 9.17) is 0 Å². The van der Waals surface area contributed by atoms with E-state index in [0.717, 1.165) is 5.56 Å². The molecule has 2 aromatic rings. The van der Waals surface area contributed by atoms with Crippen LogP contribution in [0.15, 0.2) is 53.7 Å². The van der Waals surface area contributed by atoms with Crippen LogP contribution < -0.4 is 0 Å². The number of hydrogen-bond donors (Lipinski definition) is 2. The molecule has 1 aliphatic rings. The number of hydrogen-bond acceptors (Lipinski definition) is 3. The van der Waals surface area contributed by atoms with E-state index >= 15 is 0 Å². The lowest BCUT2D eigenvalue weighted by molar-refractivity contribution is 0.319. The van der Waals surface area contributed by atoms with Gasteiger partial charge in [0.25, 0.3) is 0 Å². The van der Waals surface area contributed by atoms with Crippen molar-refractivity contribution in [3.8, 4) is 5.75 Å². The van der Waals surface area contributed by atoms with Crippen molar-refractivity contribution in [2.45, 2.75) is 38.0 Å². The van der Waals surface area contributed by atoms with Crippen LogP contribution in [0.3, 0.4) is 0 Å². The van der Waals surface area contributed by atoms with Crippen molar-refractivity contribution in [1.29, 1.82) is 0 Å². The molecular formula is C19H21NO2. The predicted molar refractivity (Wildman–Crippen MR) is 87.8 cm³/mol. The summed E-state index contributed by atoms with van der Waals surface area (Å²) in [7, 11) is 0. The molecule has 114 valence electrons. The molecule has 3 nitrogen and oxygen atoms in total. The number of phenolic OH excluding ortho intramolecular Hbond substituents is 1. The highest BCUT2D eigenvalue weighted by molar-refractivity contribution is 6.14. The summed E-state index contributed by atoms with van der Waals surface area (Å²) >= 11 is 0. The minimum atomic E-state index is 0.149. The van der Waals surface area contributed by atoms with Crippen LogP contribution in [0, 0.1) is 0 Å². The molecule has 0 spiro atoms. The van der Waals surface area contributed by atoms with Crippen LogP contribution in [-0.2, 0) is 0 Å². The molecule has 2 aromatic carbocycles. The summed E-state index contributed by atoms with van der Waals surface area (Å²) in [5, 5.41) is 23.1. The normalized spacial score (nSPS) is 16.6. The van der Waals surface area contributed by atoms with Crippen LogP contribution in [0.1, 0.15) is 54.7 Å². The molecule has 1 aliphatic carbocycles. The van der Waals surface area contributed by atoms with Gasteiger partial charge in [-0.25, -0.2) is 0 Å². The summed E-state index contributed by atoms with van der Waals surface area (Å²) in [5.74, 6) is 0.694. The second kappa shape index (κ2) is 6.65. The fourth-order valence-electron chi connectivity index (χ4n) is 3.30. The first kappa shape index (κ1) is 14.6. The van der Waals surface area contributed by atoms with Gasteiger partial charge in [0, 0.05) is 11.1 Å². The first-order valence-corrected chi connectivity index (χ1v) is 7.90. The van der Waals surface area contributed by atoms with Gasteiger partial charge in [-0.2, -0.15) is 0 Å². The summed E-state index contributed by atoms with van der Waals surface area (Å²) in [6, 6.07) is 15.1. The zero-order valence-corrected chi connectivity index (χ0v) is 12.6. The Morgan fingerprint density at radius 2 is 1.68 bits per heavy atom. The van der Waals surface area contributed by atoms with E-state index in [1.807, 2.05) is 42.5 Å². The summed E-state index contributed by atoms with van der Waals surface area (Å²) in [6.07, 6.45) is 6.23. The SMILES string of the molecule is ON=C(c1ccccc1)c1cc(C2CCCCC2)ccc1O. The first-order chi connectivity index (χ1) is 10.8. The molecule has 2 N–H and O–H groups in total. The highest BCUT2D eigenvalue weighted by atomic mass is 16.4. The number of nitrogens with zero attached hydrogens (tertiary/aromatic N) is 1. The van der Waals surface area contributed by atoms with E-state index in [2.05, 4.69) is 5.16 Å². The van der Waals surface area contributed by atoms with Crippen LogP contribution >= 0.6 is 0 Å². The van der Waals surface area contributed by atoms with Gasteiger partial charge in [-0.15, -0.1) is 0 Å². The molecule has 3 rings (SSSR count). The lowest BCUT2D eigenvalue weighted by atomic mass is 9.83. The first-order valence-electron chi connectivity index (χ1n) is 7.90. The van der Waals surface area contributed by atoms with Crippen molar-refractivity contribution in [3.05, 3.63) is 65.2 Å². The quantitative estimate of drug-likeness (QED) is 0.491. The van der Waals surface area contributed by atoms with E-state index in [1.165, 1.54) is 37.7 Å². The molecule has 1 fully saturated rings. The zero-order chi connectivity index (χ0) is 15.4. The van der Waals surface area contributed by atoms with Crippen LogP contribution in [0.2, 0.25) is 0 Å². The molecule has 0 saturated heterocycles. The maximum atomic E-state index is 10.2. The second-order valence-corrected chi connectivity index (χ2v) is 5.93. The van der Waals surface area contributed by atoms with Gasteiger partial charge in [0.15, 0.2) is 0 Å². The van der Waals surface area contributed by atoms with Crippen molar-refractivity contribution in [1.82, 2.24) is 0 Å². The lowest BCUT2D eigenvalue weighted by Crippen LogP contribution is -2.08. The Hall–Kier alpha value is -2.29. The third-order valence-electron chi connectivity index (χ3n) is 4.50. The maximum absolute atomic E-state index is 10.2. The van der Waals surface area contributed by atoms with Crippen LogP contribution in [0.25, 0.3) is 0 Å². The smallest absolute Gasteiger partial charge is 0.125 e. The average Bonchev–Trinajstić information content (AvgIpc) is 2.59. The van der Waals surface area contributed by atoms with Gasteiger partial charge in [0.2, 0.25) is 0 Å². The van der Waals surface area contributed by atoms with E-state index in [0.29, 0.717) is 17.2 Å². The Kier molecular flexibility index (Phi) is 4.42. The monoisotopic (exact) mass is 295 g/mol. The van der Waals surface area contributed by atoms with E-state index in [1.54, 1.807) is 6.07 Å². The molecule has 0 aliphatic heterocycles. The summed E-state index contributed by atoms with van der Waals surface area (Å²) in [5.41, 5.74) is 3.03. The molecule has 0 atom stereocenters. The highest BCUT2D eigenvalue weighted by Crippen LogP contribution is 2.35. The minimum Gasteiger partial charge on any atom is -0.507 e. The lowest BCUT2D eigenvalue weighted by Gasteiger charge is -2.22. The standard InChI is InChI=1S/C19H21NO2/c21-18-12-11-16(14-7-3-1-4-8-14)13-17(18)19(20-22)15-9-5-2-6-10-15/h2,5-6,9-14,21-22H,1,3-4,7-8H2. The van der Waals surface area contributed by atoms with Crippen LogP contribution in [-0.4, -0.2) is 16.0 Å². The van der Waals surface area contributed by atoms with Crippen molar-refractivity contribution in [2.24, 2.45) is 5.16 Å². The summed E-state index contributed by atoms with van der Waals surface area (Å²) in [6.45, 7) is 0. The molecule has 0 bridgehead atoms. The fraction of sp³-hybridized carbons (Fsp3) is 0.316. The molecule has 22 heavy (non-hydrogen) atoms. The van der Waals surface area contributed by atoms with Gasteiger partial charge in [0.05, 0.1) is 0 Å². The van der Waals surface area contributed by atoms with Crippen LogP contribution in [0.5, 0.6) is 5.75 Å². The summed E-state index contributed by atoms with van der Waals surface area (Å²) < 4.78 is 0. The zero-order valence-electron chi connectivity index (χ0n) is 12.6. The Morgan fingerprint density at radius 3 is 2.36 bits per heavy atom. The molecule has 0 aromatic heterocycles. The van der Waals surface area contributed by atoms with Crippen LogP contribution in [0.4, 0.5) is 0 Å². The van der Waals surface area contributed by atoms with Gasteiger partial charge in [-0.1, -0.05) is 60.8 Å². The highest BCUT2D eigenvalue weighted by Gasteiger charge is 2.19. The average molecular weight is 295 g/mol. The van der Waals surface area contributed by atoms with Gasteiger partial charge in [-0.05, 0) is 36.5 Å². The molecule has 1 saturated carbocycles. The number of oxime groups is 1. The number of rotatable bonds is 3. The molecule has 0 heterocycles. The molecule has 0 amide bonds. The predicted octanol–water partition coefficient (Wildman–Crippen LogP) is 4.67.